The predicted molar refractivity (Wildman–Crippen MR) is 67.6 cm³/mol. The summed E-state index contributed by atoms with van der Waals surface area (Å²) >= 11 is 0. The zero-order valence-electron chi connectivity index (χ0n) is 10.7. The van der Waals surface area contributed by atoms with Gasteiger partial charge in [-0.3, -0.25) is 0 Å². The Morgan fingerprint density at radius 2 is 2.00 bits per heavy atom. The molecule has 96 valence electrons. The fourth-order valence-corrected chi connectivity index (χ4v) is 2.46. The van der Waals surface area contributed by atoms with Crippen molar-refractivity contribution in [3.63, 3.8) is 0 Å². The van der Waals surface area contributed by atoms with Crippen LogP contribution in [0.2, 0.25) is 0 Å². The molecule has 17 heavy (non-hydrogen) atoms. The number of likely N-dealkylation sites (tertiary alicyclic amines) is 1. The molecule has 0 bridgehead atoms. The maximum absolute atomic E-state index is 5.69. The Morgan fingerprint density at radius 1 is 1.24 bits per heavy atom. The number of nitrogens with zero attached hydrogens (tertiary/aromatic N) is 4. The smallest absolute Gasteiger partial charge is 0.0994 e. The summed E-state index contributed by atoms with van der Waals surface area (Å²) in [5.74, 6) is 0. The first-order valence-electron chi connectivity index (χ1n) is 6.68. The molecule has 0 saturated carbocycles. The van der Waals surface area contributed by atoms with Gasteiger partial charge in [0.05, 0.1) is 17.9 Å². The van der Waals surface area contributed by atoms with Crippen molar-refractivity contribution in [1.29, 1.82) is 0 Å². The lowest BCUT2D eigenvalue weighted by Gasteiger charge is -2.15. The van der Waals surface area contributed by atoms with Gasteiger partial charge in [0, 0.05) is 13.1 Å². The van der Waals surface area contributed by atoms with Crippen molar-refractivity contribution in [2.75, 3.05) is 19.6 Å². The molecule has 5 nitrogen and oxygen atoms in total. The van der Waals surface area contributed by atoms with Gasteiger partial charge in [-0.15, -0.1) is 5.10 Å². The van der Waals surface area contributed by atoms with E-state index in [0.29, 0.717) is 6.54 Å². The Labute approximate surface area is 103 Å². The van der Waals surface area contributed by atoms with Gasteiger partial charge in [-0.05, 0) is 32.4 Å². The van der Waals surface area contributed by atoms with Crippen molar-refractivity contribution in [1.82, 2.24) is 19.9 Å². The van der Waals surface area contributed by atoms with E-state index < -0.39 is 0 Å². The van der Waals surface area contributed by atoms with Gasteiger partial charge in [-0.1, -0.05) is 18.6 Å². The maximum Gasteiger partial charge on any atom is 0.0994 e. The van der Waals surface area contributed by atoms with Crippen LogP contribution in [0.15, 0.2) is 0 Å². The maximum atomic E-state index is 5.69. The molecular formula is C12H23N5. The third-order valence-electron chi connectivity index (χ3n) is 3.42. The van der Waals surface area contributed by atoms with E-state index in [4.69, 9.17) is 5.73 Å². The molecule has 0 radical (unpaired) electrons. The number of aromatic nitrogens is 3. The summed E-state index contributed by atoms with van der Waals surface area (Å²) in [4.78, 5) is 2.50. The summed E-state index contributed by atoms with van der Waals surface area (Å²) in [5, 5.41) is 8.39. The van der Waals surface area contributed by atoms with E-state index in [1.807, 2.05) is 4.68 Å². The van der Waals surface area contributed by atoms with Gasteiger partial charge in [0.25, 0.3) is 0 Å². The molecule has 0 aromatic carbocycles. The summed E-state index contributed by atoms with van der Waals surface area (Å²) in [6, 6.07) is 0. The van der Waals surface area contributed by atoms with Crippen LogP contribution in [0, 0.1) is 0 Å². The summed E-state index contributed by atoms with van der Waals surface area (Å²) in [6.07, 6.45) is 4.82. The fourth-order valence-electron chi connectivity index (χ4n) is 2.46. The van der Waals surface area contributed by atoms with Gasteiger partial charge < -0.3 is 10.6 Å². The molecule has 0 amide bonds. The zero-order chi connectivity index (χ0) is 12.1. The minimum Gasteiger partial charge on any atom is -0.325 e. The summed E-state index contributed by atoms with van der Waals surface area (Å²) in [7, 11) is 0. The molecule has 1 aromatic rings. The molecule has 0 unspecified atom stereocenters. The van der Waals surface area contributed by atoms with Gasteiger partial charge in [0.2, 0.25) is 0 Å². The first kappa shape index (κ1) is 12.5. The lowest BCUT2D eigenvalue weighted by molar-refractivity contribution is 0.311. The molecule has 2 N–H and O–H groups in total. The fraction of sp³-hybridized carbons (Fsp3) is 0.833. The third kappa shape index (κ3) is 3.04. The second-order valence-corrected chi connectivity index (χ2v) is 4.71. The summed E-state index contributed by atoms with van der Waals surface area (Å²) in [6.45, 7) is 7.19. The van der Waals surface area contributed by atoms with Crippen LogP contribution >= 0.6 is 0 Å². The van der Waals surface area contributed by atoms with Crippen LogP contribution in [0.25, 0.3) is 0 Å². The molecule has 1 aromatic heterocycles. The average Bonchev–Trinajstić information content (AvgIpc) is 2.96. The minimum absolute atomic E-state index is 0.499. The molecule has 1 aliphatic rings. The molecular weight excluding hydrogens is 214 g/mol. The molecule has 2 rings (SSSR count). The van der Waals surface area contributed by atoms with Crippen LogP contribution in [0.4, 0.5) is 0 Å². The predicted octanol–water partition coefficient (Wildman–Crippen LogP) is 0.785. The summed E-state index contributed by atoms with van der Waals surface area (Å²) in [5.41, 5.74) is 7.88. The van der Waals surface area contributed by atoms with E-state index in [2.05, 4.69) is 22.1 Å². The highest BCUT2D eigenvalue weighted by Crippen LogP contribution is 2.10. The van der Waals surface area contributed by atoms with Crippen molar-refractivity contribution >= 4 is 0 Å². The topological polar surface area (TPSA) is 60.0 Å². The molecule has 0 atom stereocenters. The Kier molecular flexibility index (Phi) is 4.50. The normalized spacial score (nSPS) is 16.8. The minimum atomic E-state index is 0.499. The molecule has 0 spiro atoms. The Hall–Kier alpha value is -0.940. The van der Waals surface area contributed by atoms with Crippen molar-refractivity contribution in [3.05, 3.63) is 11.4 Å². The monoisotopic (exact) mass is 237 g/mol. The largest absolute Gasteiger partial charge is 0.325 e. The quantitative estimate of drug-likeness (QED) is 0.794. The van der Waals surface area contributed by atoms with Gasteiger partial charge >= 0.3 is 0 Å². The Balaban J connectivity index is 1.96. The molecule has 2 heterocycles. The van der Waals surface area contributed by atoms with Crippen LogP contribution in [-0.4, -0.2) is 39.5 Å². The Bertz CT molecular complexity index is 341. The lowest BCUT2D eigenvalue weighted by Crippen LogP contribution is -2.25. The summed E-state index contributed by atoms with van der Waals surface area (Å²) < 4.78 is 2.05. The molecule has 0 aliphatic carbocycles. The highest BCUT2D eigenvalue weighted by atomic mass is 15.4. The molecule has 1 saturated heterocycles. The number of hydrogen-bond acceptors (Lipinski definition) is 4. The molecule has 1 aliphatic heterocycles. The van der Waals surface area contributed by atoms with Gasteiger partial charge in [-0.25, -0.2) is 4.68 Å². The van der Waals surface area contributed by atoms with Crippen LogP contribution in [0.5, 0.6) is 0 Å². The van der Waals surface area contributed by atoms with Gasteiger partial charge in [0.1, 0.15) is 0 Å². The van der Waals surface area contributed by atoms with E-state index in [0.717, 1.165) is 31.6 Å². The van der Waals surface area contributed by atoms with Crippen molar-refractivity contribution < 1.29 is 0 Å². The van der Waals surface area contributed by atoms with E-state index in [1.165, 1.54) is 31.6 Å². The Morgan fingerprint density at radius 3 is 2.65 bits per heavy atom. The van der Waals surface area contributed by atoms with Crippen molar-refractivity contribution in [2.45, 2.75) is 45.7 Å². The van der Waals surface area contributed by atoms with Crippen LogP contribution in [0.3, 0.4) is 0 Å². The molecule has 5 heteroatoms. The zero-order valence-corrected chi connectivity index (χ0v) is 10.7. The molecule has 1 fully saturated rings. The van der Waals surface area contributed by atoms with Crippen molar-refractivity contribution in [2.24, 2.45) is 5.73 Å². The number of hydrogen-bond donors (Lipinski definition) is 1. The SMILES string of the molecule is CCCc1c(CN)nnn1CCN1CCCC1. The van der Waals surface area contributed by atoms with Gasteiger partial charge in [-0.2, -0.15) is 0 Å². The standard InChI is InChI=1S/C12H23N5/c1-2-5-12-11(10-13)14-15-17(12)9-8-16-6-3-4-7-16/h2-10,13H2,1H3. The van der Waals surface area contributed by atoms with Gasteiger partial charge in [0.15, 0.2) is 0 Å². The number of rotatable bonds is 6. The third-order valence-corrected chi connectivity index (χ3v) is 3.42. The van der Waals surface area contributed by atoms with Crippen LogP contribution in [-0.2, 0) is 19.5 Å². The van der Waals surface area contributed by atoms with Crippen molar-refractivity contribution in [3.8, 4) is 0 Å². The highest BCUT2D eigenvalue weighted by molar-refractivity contribution is 5.09. The first-order chi connectivity index (χ1) is 8.35. The second-order valence-electron chi connectivity index (χ2n) is 4.71. The number of nitrogens with two attached hydrogens (primary N) is 1. The second kappa shape index (κ2) is 6.12. The van der Waals surface area contributed by atoms with E-state index in [-0.39, 0.29) is 0 Å². The van der Waals surface area contributed by atoms with Crippen LogP contribution < -0.4 is 5.73 Å². The average molecular weight is 237 g/mol. The lowest BCUT2D eigenvalue weighted by atomic mass is 10.2. The van der Waals surface area contributed by atoms with E-state index in [1.54, 1.807) is 0 Å². The highest BCUT2D eigenvalue weighted by Gasteiger charge is 2.14. The van der Waals surface area contributed by atoms with Crippen LogP contribution in [0.1, 0.15) is 37.6 Å². The van der Waals surface area contributed by atoms with E-state index >= 15 is 0 Å². The first-order valence-corrected chi connectivity index (χ1v) is 6.68. The van der Waals surface area contributed by atoms with E-state index in [9.17, 15) is 0 Å².